The Morgan fingerprint density at radius 3 is 2.39 bits per heavy atom. The van der Waals surface area contributed by atoms with Gasteiger partial charge in [-0.3, -0.25) is 4.79 Å². The Bertz CT molecular complexity index is 989. The van der Waals surface area contributed by atoms with Gasteiger partial charge in [0.25, 0.3) is 5.91 Å². The molecule has 0 fully saturated rings. The highest BCUT2D eigenvalue weighted by Crippen LogP contribution is 2.27. The molecule has 0 aliphatic carbocycles. The summed E-state index contributed by atoms with van der Waals surface area (Å²) in [6, 6.07) is 23.3. The lowest BCUT2D eigenvalue weighted by atomic mass is 10.0. The van der Waals surface area contributed by atoms with E-state index >= 15 is 0 Å². The Balaban J connectivity index is 1.56. The summed E-state index contributed by atoms with van der Waals surface area (Å²) in [6.45, 7) is 1.69. The Morgan fingerprint density at radius 1 is 1.04 bits per heavy atom. The summed E-state index contributed by atoms with van der Waals surface area (Å²) in [4.78, 5) is 12.0. The zero-order valence-corrected chi connectivity index (χ0v) is 17.5. The minimum absolute atomic E-state index is 0.149. The first kappa shape index (κ1) is 20.1. The van der Waals surface area contributed by atoms with Gasteiger partial charge in [-0.15, -0.1) is 0 Å². The fourth-order valence-corrected chi connectivity index (χ4v) is 3.31. The van der Waals surface area contributed by atoms with E-state index in [1.165, 1.54) is 0 Å². The number of halogens is 2. The van der Waals surface area contributed by atoms with Gasteiger partial charge in [0.15, 0.2) is 6.61 Å². The zero-order chi connectivity index (χ0) is 19.9. The van der Waals surface area contributed by atoms with Crippen LogP contribution in [0.15, 0.2) is 82.4 Å². The van der Waals surface area contributed by atoms with Crippen LogP contribution in [-0.4, -0.2) is 18.2 Å². The highest BCUT2D eigenvalue weighted by molar-refractivity contribution is 9.10. The normalized spacial score (nSPS) is 11.2. The van der Waals surface area contributed by atoms with Gasteiger partial charge in [0.2, 0.25) is 0 Å². The Kier molecular flexibility index (Phi) is 6.85. The third kappa shape index (κ3) is 5.44. The summed E-state index contributed by atoms with van der Waals surface area (Å²) in [6.07, 6.45) is 0. The Morgan fingerprint density at radius 2 is 1.71 bits per heavy atom. The lowest BCUT2D eigenvalue weighted by Gasteiger charge is -2.08. The van der Waals surface area contributed by atoms with Gasteiger partial charge in [-0.25, -0.2) is 5.43 Å². The van der Waals surface area contributed by atoms with Crippen LogP contribution in [0.2, 0.25) is 5.02 Å². The molecule has 0 saturated carbocycles. The van der Waals surface area contributed by atoms with Crippen molar-refractivity contribution in [2.75, 3.05) is 6.61 Å². The maximum atomic E-state index is 12.0. The van der Waals surface area contributed by atoms with E-state index in [9.17, 15) is 4.79 Å². The van der Waals surface area contributed by atoms with Gasteiger partial charge < -0.3 is 4.74 Å². The number of nitrogens with zero attached hydrogens (tertiary/aromatic N) is 1. The first-order valence-electron chi connectivity index (χ1n) is 8.60. The quantitative estimate of drug-likeness (QED) is 0.382. The molecule has 3 aromatic rings. The van der Waals surface area contributed by atoms with Crippen LogP contribution in [0.25, 0.3) is 11.1 Å². The highest BCUT2D eigenvalue weighted by Gasteiger charge is 2.06. The van der Waals surface area contributed by atoms with E-state index in [0.717, 1.165) is 16.7 Å². The van der Waals surface area contributed by atoms with Crippen LogP contribution in [0, 0.1) is 0 Å². The molecule has 3 rings (SSSR count). The highest BCUT2D eigenvalue weighted by atomic mass is 79.9. The summed E-state index contributed by atoms with van der Waals surface area (Å²) in [5.41, 5.74) is 6.43. The monoisotopic (exact) mass is 456 g/mol. The van der Waals surface area contributed by atoms with Crippen LogP contribution in [0.1, 0.15) is 12.5 Å². The van der Waals surface area contributed by atoms with E-state index in [-0.39, 0.29) is 12.5 Å². The van der Waals surface area contributed by atoms with Crippen molar-refractivity contribution < 1.29 is 9.53 Å². The first-order chi connectivity index (χ1) is 13.5. The average Bonchev–Trinajstić information content (AvgIpc) is 2.72. The van der Waals surface area contributed by atoms with E-state index in [0.29, 0.717) is 21.0 Å². The standard InChI is InChI=1S/C22H18BrClN2O2/c1-15(16-7-9-18(10-8-16)17-5-3-2-4-6-17)25-26-22(27)14-28-21-12-11-19(24)13-20(21)23/h2-13H,14H2,1H3,(H,26,27)/b25-15+. The van der Waals surface area contributed by atoms with Gasteiger partial charge in [-0.1, -0.05) is 66.2 Å². The molecule has 0 unspecified atom stereocenters. The number of carbonyl (C=O) groups excluding carboxylic acids is 1. The Hall–Kier alpha value is -2.63. The van der Waals surface area contributed by atoms with Crippen LogP contribution < -0.4 is 10.2 Å². The van der Waals surface area contributed by atoms with Crippen molar-refractivity contribution in [2.24, 2.45) is 5.10 Å². The van der Waals surface area contributed by atoms with Crippen molar-refractivity contribution in [3.05, 3.63) is 87.9 Å². The number of carbonyl (C=O) groups is 1. The predicted octanol–water partition coefficient (Wildman–Crippen LogP) is 5.69. The first-order valence-corrected chi connectivity index (χ1v) is 9.77. The molecule has 0 bridgehead atoms. The fraction of sp³-hybridized carbons (Fsp3) is 0.0909. The molecule has 0 heterocycles. The molecule has 28 heavy (non-hydrogen) atoms. The molecular formula is C22H18BrClN2O2. The second-order valence-electron chi connectivity index (χ2n) is 6.04. The minimum atomic E-state index is -0.345. The summed E-state index contributed by atoms with van der Waals surface area (Å²) in [7, 11) is 0. The predicted molar refractivity (Wildman–Crippen MR) is 117 cm³/mol. The van der Waals surface area contributed by atoms with Crippen molar-refractivity contribution in [3.8, 4) is 16.9 Å². The summed E-state index contributed by atoms with van der Waals surface area (Å²) in [5.74, 6) is 0.193. The number of hydrogen-bond donors (Lipinski definition) is 1. The number of hydrogen-bond acceptors (Lipinski definition) is 3. The molecule has 1 N–H and O–H groups in total. The third-order valence-corrected chi connectivity index (χ3v) is 4.87. The lowest BCUT2D eigenvalue weighted by molar-refractivity contribution is -0.123. The van der Waals surface area contributed by atoms with E-state index < -0.39 is 0 Å². The van der Waals surface area contributed by atoms with Crippen LogP contribution in [-0.2, 0) is 4.79 Å². The zero-order valence-electron chi connectivity index (χ0n) is 15.2. The van der Waals surface area contributed by atoms with E-state index in [4.69, 9.17) is 16.3 Å². The molecular weight excluding hydrogens is 440 g/mol. The van der Waals surface area contributed by atoms with Crippen molar-refractivity contribution >= 4 is 39.1 Å². The minimum Gasteiger partial charge on any atom is -0.483 e. The van der Waals surface area contributed by atoms with Gasteiger partial charge in [-0.05, 0) is 57.7 Å². The van der Waals surface area contributed by atoms with Crippen molar-refractivity contribution in [1.82, 2.24) is 5.43 Å². The maximum Gasteiger partial charge on any atom is 0.277 e. The number of rotatable bonds is 6. The maximum absolute atomic E-state index is 12.0. The van der Waals surface area contributed by atoms with Gasteiger partial charge in [0.1, 0.15) is 5.75 Å². The third-order valence-electron chi connectivity index (χ3n) is 4.01. The number of benzene rings is 3. The number of nitrogens with one attached hydrogen (secondary N) is 1. The molecule has 1 amide bonds. The van der Waals surface area contributed by atoms with Crippen LogP contribution in [0.5, 0.6) is 5.75 Å². The van der Waals surface area contributed by atoms with Gasteiger partial charge >= 0.3 is 0 Å². The topological polar surface area (TPSA) is 50.7 Å². The SMILES string of the molecule is C/C(=N\NC(=O)COc1ccc(Cl)cc1Br)c1ccc(-c2ccccc2)cc1. The molecule has 0 radical (unpaired) electrons. The average molecular weight is 458 g/mol. The van der Waals surface area contributed by atoms with Crippen molar-refractivity contribution in [3.63, 3.8) is 0 Å². The fourth-order valence-electron chi connectivity index (χ4n) is 2.51. The number of ether oxygens (including phenoxy) is 1. The summed E-state index contributed by atoms with van der Waals surface area (Å²) < 4.78 is 6.16. The second kappa shape index (κ2) is 9.53. The molecule has 0 aromatic heterocycles. The summed E-state index contributed by atoms with van der Waals surface area (Å²) in [5, 5.41) is 4.74. The molecule has 0 saturated heterocycles. The number of amides is 1. The van der Waals surface area contributed by atoms with E-state index in [1.807, 2.05) is 49.4 Å². The van der Waals surface area contributed by atoms with Gasteiger partial charge in [0.05, 0.1) is 10.2 Å². The van der Waals surface area contributed by atoms with Crippen LogP contribution in [0.3, 0.4) is 0 Å². The van der Waals surface area contributed by atoms with E-state index in [2.05, 4.69) is 38.6 Å². The van der Waals surface area contributed by atoms with Gasteiger partial charge in [0, 0.05) is 5.02 Å². The Labute approximate surface area is 177 Å². The molecule has 0 aliphatic rings. The molecule has 0 atom stereocenters. The molecule has 142 valence electrons. The van der Waals surface area contributed by atoms with Crippen molar-refractivity contribution in [2.45, 2.75) is 6.92 Å². The molecule has 6 heteroatoms. The van der Waals surface area contributed by atoms with Gasteiger partial charge in [-0.2, -0.15) is 5.10 Å². The molecule has 0 spiro atoms. The summed E-state index contributed by atoms with van der Waals surface area (Å²) >= 11 is 9.23. The lowest BCUT2D eigenvalue weighted by Crippen LogP contribution is -2.25. The largest absolute Gasteiger partial charge is 0.483 e. The van der Waals surface area contributed by atoms with Crippen molar-refractivity contribution in [1.29, 1.82) is 0 Å². The van der Waals surface area contributed by atoms with Crippen LogP contribution in [0.4, 0.5) is 0 Å². The molecule has 3 aromatic carbocycles. The number of hydrazone groups is 1. The van der Waals surface area contributed by atoms with E-state index in [1.54, 1.807) is 18.2 Å². The second-order valence-corrected chi connectivity index (χ2v) is 7.33. The molecule has 4 nitrogen and oxygen atoms in total. The smallest absolute Gasteiger partial charge is 0.277 e. The van der Waals surface area contributed by atoms with Crippen LogP contribution >= 0.6 is 27.5 Å². The molecule has 0 aliphatic heterocycles.